The molecule has 4 aromatic carbocycles. The van der Waals surface area contributed by atoms with Gasteiger partial charge in [-0.15, -0.1) is 0 Å². The van der Waals surface area contributed by atoms with Gasteiger partial charge in [-0.2, -0.15) is 13.2 Å². The van der Waals surface area contributed by atoms with Gasteiger partial charge in [0.15, 0.2) is 0 Å². The molecule has 5 heteroatoms. The second-order valence-corrected chi connectivity index (χ2v) is 8.34. The van der Waals surface area contributed by atoms with Crippen molar-refractivity contribution < 1.29 is 17.6 Å². The van der Waals surface area contributed by atoms with E-state index in [2.05, 4.69) is 17.1 Å². The van der Waals surface area contributed by atoms with Gasteiger partial charge in [-0.25, -0.2) is 4.39 Å². The van der Waals surface area contributed by atoms with Crippen molar-refractivity contribution in [2.24, 2.45) is 0 Å². The van der Waals surface area contributed by atoms with Crippen LogP contribution in [0.2, 0.25) is 0 Å². The molecule has 0 saturated carbocycles. The van der Waals surface area contributed by atoms with E-state index in [0.717, 1.165) is 10.8 Å². The minimum Gasteiger partial charge on any atom is -0.264 e. The van der Waals surface area contributed by atoms with Crippen LogP contribution in [0.5, 0.6) is 0 Å². The van der Waals surface area contributed by atoms with Gasteiger partial charge in [0.05, 0.1) is 5.92 Å². The van der Waals surface area contributed by atoms with Gasteiger partial charge in [0.25, 0.3) is 0 Å². The van der Waals surface area contributed by atoms with Crippen LogP contribution in [-0.4, -0.2) is 11.2 Å². The van der Waals surface area contributed by atoms with Gasteiger partial charge in [-0.1, -0.05) is 60.7 Å². The highest BCUT2D eigenvalue weighted by Gasteiger charge is 2.43. The summed E-state index contributed by atoms with van der Waals surface area (Å²) >= 11 is 0. The zero-order valence-corrected chi connectivity index (χ0v) is 17.7. The summed E-state index contributed by atoms with van der Waals surface area (Å²) in [6.45, 7) is 0. The molecule has 0 aliphatic heterocycles. The first-order valence-corrected chi connectivity index (χ1v) is 10.9. The maximum atomic E-state index is 14.4. The lowest BCUT2D eigenvalue weighted by molar-refractivity contribution is -0.153. The number of halogens is 4. The number of aromatic nitrogens is 1. The molecular formula is C28H21F4N. The summed E-state index contributed by atoms with van der Waals surface area (Å²) in [5.41, 5.74) is 0.964. The van der Waals surface area contributed by atoms with Gasteiger partial charge in [-0.3, -0.25) is 4.98 Å². The van der Waals surface area contributed by atoms with Crippen molar-refractivity contribution in [2.45, 2.75) is 31.4 Å². The fourth-order valence-electron chi connectivity index (χ4n) is 4.82. The van der Waals surface area contributed by atoms with Crippen LogP contribution in [0, 0.1) is 5.82 Å². The fourth-order valence-corrected chi connectivity index (χ4v) is 4.82. The van der Waals surface area contributed by atoms with Gasteiger partial charge >= 0.3 is 6.18 Å². The third-order valence-electron chi connectivity index (χ3n) is 6.38. The van der Waals surface area contributed by atoms with Crippen LogP contribution in [-0.2, 0) is 6.42 Å². The lowest BCUT2D eigenvalue weighted by atomic mass is 9.79. The molecule has 6 rings (SSSR count). The number of hydrogen-bond acceptors (Lipinski definition) is 1. The van der Waals surface area contributed by atoms with Crippen LogP contribution in [0.25, 0.3) is 32.3 Å². The predicted molar refractivity (Wildman–Crippen MR) is 125 cm³/mol. The SMILES string of the molecule is Fc1cc2c3c(ccc2c2ccccc12)C(C(F)(F)F)CCC3.c1ccc2cnccc2c1. The molecule has 1 nitrogen and oxygen atoms in total. The Morgan fingerprint density at radius 2 is 1.45 bits per heavy atom. The molecule has 1 heterocycles. The summed E-state index contributed by atoms with van der Waals surface area (Å²) in [6, 6.07) is 22.0. The second-order valence-electron chi connectivity index (χ2n) is 8.34. The molecule has 1 aromatic heterocycles. The molecule has 33 heavy (non-hydrogen) atoms. The van der Waals surface area contributed by atoms with Gasteiger partial charge < -0.3 is 0 Å². The second kappa shape index (κ2) is 8.47. The molecule has 0 saturated heterocycles. The van der Waals surface area contributed by atoms with Crippen molar-refractivity contribution in [3.05, 3.63) is 102 Å². The number of benzene rings is 4. The van der Waals surface area contributed by atoms with Crippen molar-refractivity contribution in [1.82, 2.24) is 4.98 Å². The Balaban J connectivity index is 0.000000190. The highest BCUT2D eigenvalue weighted by molar-refractivity contribution is 6.09. The summed E-state index contributed by atoms with van der Waals surface area (Å²) in [4.78, 5) is 4.01. The number of nitrogens with zero attached hydrogens (tertiary/aromatic N) is 1. The van der Waals surface area contributed by atoms with Crippen molar-refractivity contribution in [3.63, 3.8) is 0 Å². The molecular weight excluding hydrogens is 426 g/mol. The van der Waals surface area contributed by atoms with Crippen LogP contribution >= 0.6 is 0 Å². The Bertz CT molecular complexity index is 1390. The molecule has 0 spiro atoms. The summed E-state index contributed by atoms with van der Waals surface area (Å²) in [5, 5.41) is 5.14. The van der Waals surface area contributed by atoms with Gasteiger partial charge in [-0.05, 0) is 69.5 Å². The summed E-state index contributed by atoms with van der Waals surface area (Å²) in [6.07, 6.45) is 0.579. The monoisotopic (exact) mass is 447 g/mol. The number of rotatable bonds is 0. The van der Waals surface area contributed by atoms with E-state index in [0.29, 0.717) is 34.7 Å². The van der Waals surface area contributed by atoms with Crippen molar-refractivity contribution in [3.8, 4) is 0 Å². The van der Waals surface area contributed by atoms with E-state index in [1.54, 1.807) is 24.3 Å². The molecule has 0 amide bonds. The zero-order chi connectivity index (χ0) is 23.0. The minimum atomic E-state index is -4.25. The van der Waals surface area contributed by atoms with E-state index < -0.39 is 12.1 Å². The highest BCUT2D eigenvalue weighted by atomic mass is 19.4. The molecule has 0 fully saturated rings. The van der Waals surface area contributed by atoms with E-state index >= 15 is 0 Å². The minimum absolute atomic E-state index is 0.109. The van der Waals surface area contributed by atoms with Crippen LogP contribution in [0.4, 0.5) is 17.6 Å². The predicted octanol–water partition coefficient (Wildman–Crippen LogP) is 8.35. The summed E-state index contributed by atoms with van der Waals surface area (Å²) in [7, 11) is 0. The molecule has 0 radical (unpaired) electrons. The summed E-state index contributed by atoms with van der Waals surface area (Å²) in [5.74, 6) is -1.82. The number of pyridine rings is 1. The van der Waals surface area contributed by atoms with Crippen LogP contribution in [0.15, 0.2) is 85.2 Å². The highest BCUT2D eigenvalue weighted by Crippen LogP contribution is 2.45. The molecule has 1 aliphatic carbocycles. The Hall–Kier alpha value is -3.47. The standard InChI is InChI=1S/C19H14F4.C9H7N/c20-18-10-16-12-6-3-7-17(19(21,22)23)14(12)9-8-13(16)11-4-1-2-5-15(11)18;1-2-4-9-7-10-6-5-8(9)3-1/h1-2,4-5,8-10,17H,3,6-7H2;1-7H. The lowest BCUT2D eigenvalue weighted by Gasteiger charge is -2.28. The van der Waals surface area contributed by atoms with Crippen LogP contribution < -0.4 is 0 Å². The van der Waals surface area contributed by atoms with Crippen LogP contribution in [0.3, 0.4) is 0 Å². The first kappa shape index (κ1) is 21.4. The van der Waals surface area contributed by atoms with Gasteiger partial charge in [0.1, 0.15) is 5.82 Å². The fraction of sp³-hybridized carbons (Fsp3) is 0.179. The molecule has 1 atom stereocenters. The molecule has 5 aromatic rings. The zero-order valence-electron chi connectivity index (χ0n) is 17.7. The average molecular weight is 447 g/mol. The van der Waals surface area contributed by atoms with Crippen LogP contribution in [0.1, 0.15) is 29.9 Å². The first-order chi connectivity index (χ1) is 15.9. The number of alkyl halides is 3. The maximum absolute atomic E-state index is 14.4. The lowest BCUT2D eigenvalue weighted by Crippen LogP contribution is -2.25. The Kier molecular flexibility index (Phi) is 5.49. The Labute approximate surface area is 188 Å². The van der Waals surface area contributed by atoms with E-state index in [1.165, 1.54) is 16.8 Å². The van der Waals surface area contributed by atoms with E-state index in [-0.39, 0.29) is 12.2 Å². The van der Waals surface area contributed by atoms with Gasteiger partial charge in [0.2, 0.25) is 0 Å². The van der Waals surface area contributed by atoms with E-state index in [4.69, 9.17) is 0 Å². The third kappa shape index (κ3) is 4.04. The molecule has 1 aliphatic rings. The maximum Gasteiger partial charge on any atom is 0.395 e. The topological polar surface area (TPSA) is 12.9 Å². The number of fused-ring (bicyclic) bond motifs is 6. The number of hydrogen-bond donors (Lipinski definition) is 0. The molecule has 1 unspecified atom stereocenters. The summed E-state index contributed by atoms with van der Waals surface area (Å²) < 4.78 is 54.2. The largest absolute Gasteiger partial charge is 0.395 e. The third-order valence-corrected chi connectivity index (χ3v) is 6.38. The normalized spacial score (nSPS) is 15.8. The van der Waals surface area contributed by atoms with Crippen molar-refractivity contribution in [2.75, 3.05) is 0 Å². The first-order valence-electron chi connectivity index (χ1n) is 10.9. The van der Waals surface area contributed by atoms with Gasteiger partial charge in [0, 0.05) is 17.8 Å². The average Bonchev–Trinajstić information content (AvgIpc) is 2.84. The Morgan fingerprint density at radius 1 is 0.758 bits per heavy atom. The Morgan fingerprint density at radius 3 is 2.21 bits per heavy atom. The molecule has 0 bridgehead atoms. The molecule has 166 valence electrons. The smallest absolute Gasteiger partial charge is 0.264 e. The van der Waals surface area contributed by atoms with E-state index in [9.17, 15) is 17.6 Å². The quantitative estimate of drug-likeness (QED) is 0.172. The molecule has 0 N–H and O–H groups in total. The number of aryl methyl sites for hydroxylation is 1. The van der Waals surface area contributed by atoms with Crippen molar-refractivity contribution in [1.29, 1.82) is 0 Å². The van der Waals surface area contributed by atoms with E-state index in [1.807, 2.05) is 42.7 Å². The van der Waals surface area contributed by atoms with Crippen molar-refractivity contribution >= 4 is 32.3 Å².